The lowest BCUT2D eigenvalue weighted by molar-refractivity contribution is 0.655. The Morgan fingerprint density at radius 3 is 1.69 bits per heavy atom. The molecule has 0 aromatic rings. The zero-order chi connectivity index (χ0) is 8.93. The van der Waals surface area contributed by atoms with E-state index in [0.29, 0.717) is 0 Å². The first-order chi connectivity index (χ1) is 6.45. The Kier molecular flexibility index (Phi) is 3.23. The maximum Gasteiger partial charge on any atom is -0.0108 e. The summed E-state index contributed by atoms with van der Waals surface area (Å²) in [7, 11) is 0. The smallest absolute Gasteiger partial charge is 0.0108 e. The van der Waals surface area contributed by atoms with Gasteiger partial charge in [-0.1, -0.05) is 23.3 Å². The summed E-state index contributed by atoms with van der Waals surface area (Å²) in [6.45, 7) is 0. The van der Waals surface area contributed by atoms with Crippen LogP contribution in [-0.2, 0) is 0 Å². The van der Waals surface area contributed by atoms with Gasteiger partial charge in [-0.25, -0.2) is 0 Å². The minimum absolute atomic E-state index is 1.31. The van der Waals surface area contributed by atoms with Crippen LogP contribution in [0, 0.1) is 0 Å². The standard InChI is InChI=1S/C13H20/c1-3-7-12(8-4-1)11-13-9-5-2-6-10-13/h7,9H,1-6,8,10-11H2. The van der Waals surface area contributed by atoms with Crippen LogP contribution in [0.25, 0.3) is 0 Å². The van der Waals surface area contributed by atoms with E-state index in [0.717, 1.165) is 0 Å². The van der Waals surface area contributed by atoms with Crippen molar-refractivity contribution in [1.29, 1.82) is 0 Å². The number of hydrogen-bond donors (Lipinski definition) is 0. The molecule has 0 radical (unpaired) electrons. The van der Waals surface area contributed by atoms with Crippen molar-refractivity contribution in [3.63, 3.8) is 0 Å². The molecule has 0 unspecified atom stereocenters. The SMILES string of the molecule is C1=C(CC2=CCCCC2)CCCC1. The molecule has 0 fully saturated rings. The molecule has 2 aliphatic rings. The summed E-state index contributed by atoms with van der Waals surface area (Å²) < 4.78 is 0. The third-order valence-corrected chi connectivity index (χ3v) is 3.22. The fourth-order valence-electron chi connectivity index (χ4n) is 2.42. The first-order valence-corrected chi connectivity index (χ1v) is 5.81. The minimum atomic E-state index is 1.31. The van der Waals surface area contributed by atoms with Crippen molar-refractivity contribution in [2.45, 2.75) is 57.8 Å². The van der Waals surface area contributed by atoms with Crippen LogP contribution in [-0.4, -0.2) is 0 Å². The van der Waals surface area contributed by atoms with Gasteiger partial charge in [-0.3, -0.25) is 0 Å². The van der Waals surface area contributed by atoms with Crippen LogP contribution >= 0.6 is 0 Å². The molecule has 0 atom stereocenters. The van der Waals surface area contributed by atoms with Crippen molar-refractivity contribution >= 4 is 0 Å². The molecular weight excluding hydrogens is 156 g/mol. The van der Waals surface area contributed by atoms with Gasteiger partial charge in [0.15, 0.2) is 0 Å². The van der Waals surface area contributed by atoms with E-state index in [-0.39, 0.29) is 0 Å². The van der Waals surface area contributed by atoms with Crippen LogP contribution in [0.5, 0.6) is 0 Å². The quantitative estimate of drug-likeness (QED) is 0.548. The molecule has 0 N–H and O–H groups in total. The van der Waals surface area contributed by atoms with E-state index >= 15 is 0 Å². The lowest BCUT2D eigenvalue weighted by atomic mass is 9.89. The molecule has 0 heteroatoms. The highest BCUT2D eigenvalue weighted by Crippen LogP contribution is 2.28. The lowest BCUT2D eigenvalue weighted by Crippen LogP contribution is -1.97. The Labute approximate surface area is 81.7 Å². The van der Waals surface area contributed by atoms with E-state index < -0.39 is 0 Å². The summed E-state index contributed by atoms with van der Waals surface area (Å²) >= 11 is 0. The molecule has 0 saturated heterocycles. The monoisotopic (exact) mass is 176 g/mol. The number of allylic oxidation sites excluding steroid dienone is 4. The molecule has 2 rings (SSSR count). The first kappa shape index (κ1) is 9.05. The molecular formula is C13H20. The largest absolute Gasteiger partial charge is 0.0850 e. The van der Waals surface area contributed by atoms with Gasteiger partial charge in [0, 0.05) is 0 Å². The number of rotatable bonds is 2. The van der Waals surface area contributed by atoms with Crippen molar-refractivity contribution < 1.29 is 0 Å². The average molecular weight is 176 g/mol. The highest BCUT2D eigenvalue weighted by Gasteiger charge is 2.08. The Morgan fingerprint density at radius 1 is 0.769 bits per heavy atom. The molecule has 0 aliphatic heterocycles. The number of hydrogen-bond acceptors (Lipinski definition) is 0. The Bertz CT molecular complexity index is 196. The summed E-state index contributed by atoms with van der Waals surface area (Å²) in [4.78, 5) is 0. The molecule has 0 heterocycles. The van der Waals surface area contributed by atoms with Crippen molar-refractivity contribution in [3.05, 3.63) is 23.3 Å². The van der Waals surface area contributed by atoms with Gasteiger partial charge in [0.1, 0.15) is 0 Å². The second kappa shape index (κ2) is 4.64. The Morgan fingerprint density at radius 2 is 1.31 bits per heavy atom. The van der Waals surface area contributed by atoms with E-state index in [1.54, 1.807) is 11.1 Å². The fourth-order valence-corrected chi connectivity index (χ4v) is 2.42. The van der Waals surface area contributed by atoms with Crippen molar-refractivity contribution in [2.75, 3.05) is 0 Å². The molecule has 0 aromatic heterocycles. The van der Waals surface area contributed by atoms with Gasteiger partial charge in [0.2, 0.25) is 0 Å². The normalized spacial score (nSPS) is 23.7. The summed E-state index contributed by atoms with van der Waals surface area (Å²) in [6.07, 6.45) is 17.4. The topological polar surface area (TPSA) is 0 Å². The highest BCUT2D eigenvalue weighted by atomic mass is 14.1. The summed E-state index contributed by atoms with van der Waals surface area (Å²) in [5.41, 5.74) is 3.44. The Hall–Kier alpha value is -0.520. The molecule has 0 aromatic carbocycles. The van der Waals surface area contributed by atoms with Gasteiger partial charge < -0.3 is 0 Å². The average Bonchev–Trinajstić information content (AvgIpc) is 2.21. The maximum atomic E-state index is 2.49. The second-order valence-electron chi connectivity index (χ2n) is 4.39. The first-order valence-electron chi connectivity index (χ1n) is 5.81. The lowest BCUT2D eigenvalue weighted by Gasteiger charge is -2.17. The fraction of sp³-hybridized carbons (Fsp3) is 0.692. The third-order valence-electron chi connectivity index (χ3n) is 3.22. The Balaban J connectivity index is 1.88. The van der Waals surface area contributed by atoms with Crippen LogP contribution in [0.3, 0.4) is 0 Å². The van der Waals surface area contributed by atoms with Crippen molar-refractivity contribution in [1.82, 2.24) is 0 Å². The molecule has 13 heavy (non-hydrogen) atoms. The summed E-state index contributed by atoms with van der Waals surface area (Å²) in [5, 5.41) is 0. The van der Waals surface area contributed by atoms with Crippen molar-refractivity contribution in [2.24, 2.45) is 0 Å². The molecule has 0 bridgehead atoms. The van der Waals surface area contributed by atoms with Crippen LogP contribution in [0.4, 0.5) is 0 Å². The zero-order valence-corrected chi connectivity index (χ0v) is 8.52. The van der Waals surface area contributed by atoms with Crippen LogP contribution in [0.2, 0.25) is 0 Å². The van der Waals surface area contributed by atoms with E-state index in [2.05, 4.69) is 12.2 Å². The van der Waals surface area contributed by atoms with Gasteiger partial charge in [0.05, 0.1) is 0 Å². The maximum absolute atomic E-state index is 2.49. The molecule has 0 nitrogen and oxygen atoms in total. The molecule has 0 amide bonds. The summed E-state index contributed by atoms with van der Waals surface area (Å²) in [6, 6.07) is 0. The van der Waals surface area contributed by atoms with Crippen LogP contribution < -0.4 is 0 Å². The molecule has 0 saturated carbocycles. The predicted octanol–water partition coefficient (Wildman–Crippen LogP) is 4.38. The van der Waals surface area contributed by atoms with Gasteiger partial charge in [0.25, 0.3) is 0 Å². The molecule has 72 valence electrons. The van der Waals surface area contributed by atoms with E-state index in [4.69, 9.17) is 0 Å². The van der Waals surface area contributed by atoms with E-state index in [9.17, 15) is 0 Å². The summed E-state index contributed by atoms with van der Waals surface area (Å²) in [5.74, 6) is 0. The van der Waals surface area contributed by atoms with Gasteiger partial charge in [-0.05, 0) is 57.8 Å². The highest BCUT2D eigenvalue weighted by molar-refractivity contribution is 5.18. The zero-order valence-electron chi connectivity index (χ0n) is 8.52. The third kappa shape index (κ3) is 2.72. The van der Waals surface area contributed by atoms with Crippen LogP contribution in [0.15, 0.2) is 23.3 Å². The van der Waals surface area contributed by atoms with Crippen LogP contribution in [0.1, 0.15) is 57.8 Å². The second-order valence-corrected chi connectivity index (χ2v) is 4.39. The minimum Gasteiger partial charge on any atom is -0.0850 e. The van der Waals surface area contributed by atoms with Crippen molar-refractivity contribution in [3.8, 4) is 0 Å². The van der Waals surface area contributed by atoms with Gasteiger partial charge in [-0.15, -0.1) is 0 Å². The van der Waals surface area contributed by atoms with Gasteiger partial charge >= 0.3 is 0 Å². The van der Waals surface area contributed by atoms with Gasteiger partial charge in [-0.2, -0.15) is 0 Å². The molecule has 2 aliphatic carbocycles. The van der Waals surface area contributed by atoms with E-state index in [1.165, 1.54) is 57.8 Å². The predicted molar refractivity (Wildman–Crippen MR) is 57.7 cm³/mol. The van der Waals surface area contributed by atoms with E-state index in [1.807, 2.05) is 0 Å². The molecule has 0 spiro atoms.